The topological polar surface area (TPSA) is 44.9 Å². The van der Waals surface area contributed by atoms with Gasteiger partial charge in [-0.2, -0.15) is 5.10 Å². The Morgan fingerprint density at radius 2 is 1.58 bits per heavy atom. The molecule has 7 aromatic rings. The van der Waals surface area contributed by atoms with Gasteiger partial charge in [0.15, 0.2) is 0 Å². The Labute approximate surface area is 309 Å². The molecule has 0 saturated heterocycles. The number of benzene rings is 4. The third kappa shape index (κ3) is 7.41. The molecule has 1 unspecified atom stereocenters. The van der Waals surface area contributed by atoms with Crippen molar-refractivity contribution in [3.63, 3.8) is 0 Å². The zero-order valence-corrected chi connectivity index (χ0v) is 31.9. The second-order valence-corrected chi connectivity index (χ2v) is 15.7. The Kier molecular flexibility index (Phi) is 10.1. The van der Waals surface area contributed by atoms with Crippen LogP contribution in [0.3, 0.4) is 0 Å². The summed E-state index contributed by atoms with van der Waals surface area (Å²) in [6, 6.07) is 36.6. The van der Waals surface area contributed by atoms with Gasteiger partial charge in [0.05, 0.1) is 22.4 Å². The van der Waals surface area contributed by atoms with E-state index in [-0.39, 0.29) is 5.41 Å². The van der Waals surface area contributed by atoms with Crippen LogP contribution in [0.5, 0.6) is 11.5 Å². The highest BCUT2D eigenvalue weighted by molar-refractivity contribution is 6.09. The number of hydrogen-bond donors (Lipinski definition) is 0. The lowest BCUT2D eigenvalue weighted by atomic mass is 9.89. The van der Waals surface area contributed by atoms with Crippen molar-refractivity contribution in [2.24, 2.45) is 5.41 Å². The Balaban J connectivity index is 1.28. The highest BCUT2D eigenvalue weighted by Gasteiger charge is 2.19. The second-order valence-electron chi connectivity index (χ2n) is 15.7. The number of pyridine rings is 1. The fourth-order valence-corrected chi connectivity index (χ4v) is 7.49. The molecule has 0 fully saturated rings. The van der Waals surface area contributed by atoms with Crippen molar-refractivity contribution in [2.45, 2.75) is 92.9 Å². The average molecular weight is 689 g/mol. The summed E-state index contributed by atoms with van der Waals surface area (Å²) in [6.07, 6.45) is 9.09. The van der Waals surface area contributed by atoms with E-state index >= 15 is 0 Å². The Morgan fingerprint density at radius 3 is 2.37 bits per heavy atom. The maximum absolute atomic E-state index is 6.64. The van der Waals surface area contributed by atoms with Crippen molar-refractivity contribution in [1.82, 2.24) is 19.3 Å². The number of ether oxygens (including phenoxy) is 1. The monoisotopic (exact) mass is 688 g/mol. The minimum Gasteiger partial charge on any atom is -0.457 e. The van der Waals surface area contributed by atoms with Crippen LogP contribution in [0, 0.1) is 19.3 Å². The van der Waals surface area contributed by atoms with Gasteiger partial charge in [-0.15, -0.1) is 0 Å². The van der Waals surface area contributed by atoms with Crippen LogP contribution in [0.4, 0.5) is 0 Å². The molecule has 0 aliphatic carbocycles. The lowest BCUT2D eigenvalue weighted by molar-refractivity contribution is 0.378. The molecule has 0 N–H and O–H groups in total. The third-order valence-corrected chi connectivity index (χ3v) is 10.4. The number of nitrogens with zero attached hydrogens (tertiary/aromatic N) is 4. The summed E-state index contributed by atoms with van der Waals surface area (Å²) in [5, 5.41) is 7.40. The number of unbranched alkanes of at least 4 members (excludes halogenated alkanes) is 2. The van der Waals surface area contributed by atoms with Crippen LogP contribution < -0.4 is 4.74 Å². The molecule has 0 amide bonds. The van der Waals surface area contributed by atoms with Gasteiger partial charge in [-0.05, 0) is 110 Å². The first-order valence-electron chi connectivity index (χ1n) is 19.0. The van der Waals surface area contributed by atoms with E-state index in [9.17, 15) is 0 Å². The average Bonchev–Trinajstić information content (AvgIpc) is 3.63. The van der Waals surface area contributed by atoms with Crippen LogP contribution in [0.1, 0.15) is 95.2 Å². The molecule has 266 valence electrons. The summed E-state index contributed by atoms with van der Waals surface area (Å²) < 4.78 is 11.0. The molecule has 0 aliphatic heterocycles. The summed E-state index contributed by atoms with van der Waals surface area (Å²) >= 11 is 0. The summed E-state index contributed by atoms with van der Waals surface area (Å²) in [4.78, 5) is 4.94. The van der Waals surface area contributed by atoms with Crippen molar-refractivity contribution < 1.29 is 4.74 Å². The SMILES string of the molecule is CCCCCC(C)c1ccc2c(c1)c1ccc(Oc3cccc(-n4nc(C)c(-c5ccccc5)c4C)c3)cc1n2-c1cc(CCC(C)(C)C)ccn1. The molecule has 0 radical (unpaired) electrons. The molecule has 0 saturated carbocycles. The first-order chi connectivity index (χ1) is 25.1. The van der Waals surface area contributed by atoms with E-state index < -0.39 is 0 Å². The molecule has 52 heavy (non-hydrogen) atoms. The highest BCUT2D eigenvalue weighted by atomic mass is 16.5. The summed E-state index contributed by atoms with van der Waals surface area (Å²) in [5.41, 5.74) is 10.6. The van der Waals surface area contributed by atoms with Gasteiger partial charge in [0, 0.05) is 40.4 Å². The van der Waals surface area contributed by atoms with E-state index in [0.29, 0.717) is 5.92 Å². The molecular weight excluding hydrogens is 637 g/mol. The molecule has 4 aromatic carbocycles. The Hall–Kier alpha value is -5.16. The largest absolute Gasteiger partial charge is 0.457 e. The number of hydrogen-bond acceptors (Lipinski definition) is 3. The lowest BCUT2D eigenvalue weighted by Crippen LogP contribution is -2.07. The van der Waals surface area contributed by atoms with Crippen LogP contribution in [0.2, 0.25) is 0 Å². The smallest absolute Gasteiger partial charge is 0.137 e. The predicted molar refractivity (Wildman–Crippen MR) is 217 cm³/mol. The van der Waals surface area contributed by atoms with Crippen LogP contribution >= 0.6 is 0 Å². The van der Waals surface area contributed by atoms with E-state index in [0.717, 1.165) is 58.3 Å². The molecule has 7 rings (SSSR count). The first kappa shape index (κ1) is 35.3. The quantitative estimate of drug-likeness (QED) is 0.120. The summed E-state index contributed by atoms with van der Waals surface area (Å²) in [5.74, 6) is 2.99. The van der Waals surface area contributed by atoms with Gasteiger partial charge < -0.3 is 4.74 Å². The molecule has 1 atom stereocenters. The zero-order valence-electron chi connectivity index (χ0n) is 31.9. The van der Waals surface area contributed by atoms with Crippen molar-refractivity contribution in [3.8, 4) is 34.1 Å². The molecule has 5 nitrogen and oxygen atoms in total. The Morgan fingerprint density at radius 1 is 0.769 bits per heavy atom. The normalized spacial score (nSPS) is 12.5. The van der Waals surface area contributed by atoms with Gasteiger partial charge in [0.25, 0.3) is 0 Å². The van der Waals surface area contributed by atoms with Crippen LogP contribution in [-0.4, -0.2) is 19.3 Å². The number of aryl methyl sites for hydroxylation is 2. The first-order valence-corrected chi connectivity index (χ1v) is 19.0. The minimum absolute atomic E-state index is 0.267. The minimum atomic E-state index is 0.267. The molecular formula is C47H52N4O. The molecule has 5 heteroatoms. The Bertz CT molecular complexity index is 2320. The second kappa shape index (κ2) is 14.8. The molecule has 3 aromatic heterocycles. The van der Waals surface area contributed by atoms with Gasteiger partial charge >= 0.3 is 0 Å². The number of fused-ring (bicyclic) bond motifs is 3. The fourth-order valence-electron chi connectivity index (χ4n) is 7.49. The lowest BCUT2D eigenvalue weighted by Gasteiger charge is -2.18. The van der Waals surface area contributed by atoms with Gasteiger partial charge in [0.1, 0.15) is 17.3 Å². The van der Waals surface area contributed by atoms with E-state index in [1.165, 1.54) is 58.7 Å². The molecule has 0 spiro atoms. The third-order valence-electron chi connectivity index (χ3n) is 10.4. The van der Waals surface area contributed by atoms with Crippen molar-refractivity contribution in [3.05, 3.63) is 132 Å². The standard InChI is InChI=1S/C47H52N4O/c1-8-9-11-15-32(2)37-20-23-43-42(29-37)41-22-21-40(31-44(41)50(43)45-28-35(25-27-48-45)24-26-47(5,6)7)52-39-19-14-18-38(30-39)51-34(4)46(33(3)49-51)36-16-12-10-13-17-36/h10,12-14,16-23,25,27-32H,8-9,11,15,24,26H2,1-7H3. The van der Waals surface area contributed by atoms with Crippen LogP contribution in [0.25, 0.3) is 44.4 Å². The summed E-state index contributed by atoms with van der Waals surface area (Å²) in [7, 11) is 0. The van der Waals surface area contributed by atoms with Gasteiger partial charge in [-0.1, -0.05) is 96.3 Å². The zero-order chi connectivity index (χ0) is 36.4. The van der Waals surface area contributed by atoms with Gasteiger partial charge in [0.2, 0.25) is 0 Å². The van der Waals surface area contributed by atoms with Crippen molar-refractivity contribution in [2.75, 3.05) is 0 Å². The molecule has 3 heterocycles. The molecule has 0 aliphatic rings. The van der Waals surface area contributed by atoms with Gasteiger partial charge in [-0.25, -0.2) is 9.67 Å². The van der Waals surface area contributed by atoms with Crippen molar-refractivity contribution in [1.29, 1.82) is 0 Å². The van der Waals surface area contributed by atoms with Crippen molar-refractivity contribution >= 4 is 21.8 Å². The summed E-state index contributed by atoms with van der Waals surface area (Å²) in [6.45, 7) is 15.8. The highest BCUT2D eigenvalue weighted by Crippen LogP contribution is 2.38. The van der Waals surface area contributed by atoms with Gasteiger partial charge in [-0.3, -0.25) is 4.57 Å². The van der Waals surface area contributed by atoms with E-state index in [2.05, 4.69) is 138 Å². The van der Waals surface area contributed by atoms with Crippen LogP contribution in [-0.2, 0) is 6.42 Å². The fraction of sp³-hybridized carbons (Fsp3) is 0.319. The number of aromatic nitrogens is 4. The predicted octanol–water partition coefficient (Wildman–Crippen LogP) is 13.1. The maximum Gasteiger partial charge on any atom is 0.137 e. The van der Waals surface area contributed by atoms with Crippen LogP contribution in [0.15, 0.2) is 109 Å². The maximum atomic E-state index is 6.64. The van der Waals surface area contributed by atoms with E-state index in [1.54, 1.807) is 0 Å². The number of rotatable bonds is 12. The van der Waals surface area contributed by atoms with E-state index in [4.69, 9.17) is 14.8 Å². The molecule has 0 bridgehead atoms. The van der Waals surface area contributed by atoms with E-state index in [1.807, 2.05) is 29.1 Å².